The predicted octanol–water partition coefficient (Wildman–Crippen LogP) is 3.57. The predicted molar refractivity (Wildman–Crippen MR) is 69.6 cm³/mol. The number of benzene rings is 1. The number of hydrogen-bond acceptors (Lipinski definition) is 1. The van der Waals surface area contributed by atoms with Crippen molar-refractivity contribution in [1.82, 2.24) is 0 Å². The molecular weight excluding hydrogens is 266 g/mol. The van der Waals surface area contributed by atoms with Crippen molar-refractivity contribution < 1.29 is 4.79 Å². The molecule has 3 heteroatoms. The molecule has 86 valence electrons. The van der Waals surface area contributed by atoms with E-state index in [1.54, 1.807) is 0 Å². The van der Waals surface area contributed by atoms with E-state index in [0.29, 0.717) is 5.92 Å². The summed E-state index contributed by atoms with van der Waals surface area (Å²) in [4.78, 5) is 11.9. The Labute approximate surface area is 105 Å². The standard InChI is InChI=1S/C13H16BrNO/c1-9(11-5-6-11)13(16)15-12-4-2-3-10(7-12)8-14/h2-4,7,9,11H,5-6,8H2,1H3,(H,15,16). The van der Waals surface area contributed by atoms with E-state index in [2.05, 4.69) is 21.2 Å². The van der Waals surface area contributed by atoms with Crippen LogP contribution in [0.2, 0.25) is 0 Å². The molecule has 0 saturated heterocycles. The van der Waals surface area contributed by atoms with Gasteiger partial charge in [0.15, 0.2) is 0 Å². The topological polar surface area (TPSA) is 29.1 Å². The number of nitrogens with one attached hydrogen (secondary N) is 1. The van der Waals surface area contributed by atoms with Crippen molar-refractivity contribution >= 4 is 27.5 Å². The normalized spacial score (nSPS) is 16.9. The number of carbonyl (C=O) groups is 1. The maximum absolute atomic E-state index is 11.9. The number of carbonyl (C=O) groups excluding carboxylic acids is 1. The monoisotopic (exact) mass is 281 g/mol. The first kappa shape index (κ1) is 11.6. The van der Waals surface area contributed by atoms with Crippen LogP contribution >= 0.6 is 15.9 Å². The fourth-order valence-corrected chi connectivity index (χ4v) is 2.15. The van der Waals surface area contributed by atoms with Crippen molar-refractivity contribution in [3.8, 4) is 0 Å². The van der Waals surface area contributed by atoms with Gasteiger partial charge in [-0.15, -0.1) is 0 Å². The molecular formula is C13H16BrNO. The Balaban J connectivity index is 1.99. The van der Waals surface area contributed by atoms with Gasteiger partial charge in [0.1, 0.15) is 0 Å². The highest BCUT2D eigenvalue weighted by atomic mass is 79.9. The number of rotatable bonds is 4. The molecule has 0 spiro atoms. The second-order valence-corrected chi connectivity index (χ2v) is 5.01. The lowest BCUT2D eigenvalue weighted by atomic mass is 10.1. The molecule has 0 heterocycles. The molecule has 0 aliphatic heterocycles. The lowest BCUT2D eigenvalue weighted by Crippen LogP contribution is -2.21. The third-order valence-corrected chi connectivity index (χ3v) is 3.74. The lowest BCUT2D eigenvalue weighted by molar-refractivity contribution is -0.119. The molecule has 1 saturated carbocycles. The number of halogens is 1. The molecule has 16 heavy (non-hydrogen) atoms. The molecule has 1 aromatic carbocycles. The molecule has 1 atom stereocenters. The van der Waals surface area contributed by atoms with Gasteiger partial charge in [-0.1, -0.05) is 35.0 Å². The van der Waals surface area contributed by atoms with Crippen LogP contribution < -0.4 is 5.32 Å². The molecule has 1 aliphatic carbocycles. The minimum atomic E-state index is 0.146. The zero-order chi connectivity index (χ0) is 11.5. The first-order valence-electron chi connectivity index (χ1n) is 5.66. The SMILES string of the molecule is CC(C(=O)Nc1cccc(CBr)c1)C1CC1. The maximum Gasteiger partial charge on any atom is 0.227 e. The molecule has 2 nitrogen and oxygen atoms in total. The zero-order valence-electron chi connectivity index (χ0n) is 9.37. The van der Waals surface area contributed by atoms with Gasteiger partial charge in [-0.05, 0) is 36.5 Å². The highest BCUT2D eigenvalue weighted by Gasteiger charge is 2.32. The fraction of sp³-hybridized carbons (Fsp3) is 0.462. The van der Waals surface area contributed by atoms with E-state index in [1.807, 2.05) is 31.2 Å². The molecule has 1 aromatic rings. The fourth-order valence-electron chi connectivity index (χ4n) is 1.80. The summed E-state index contributed by atoms with van der Waals surface area (Å²) in [7, 11) is 0. The van der Waals surface area contributed by atoms with Crippen LogP contribution in [0.5, 0.6) is 0 Å². The summed E-state index contributed by atoms with van der Waals surface area (Å²) in [5, 5.41) is 3.79. The summed E-state index contributed by atoms with van der Waals surface area (Å²) in [5.74, 6) is 0.904. The zero-order valence-corrected chi connectivity index (χ0v) is 11.0. The van der Waals surface area contributed by atoms with E-state index in [1.165, 1.54) is 18.4 Å². The molecule has 1 fully saturated rings. The average Bonchev–Trinajstić information content (AvgIpc) is 3.12. The van der Waals surface area contributed by atoms with Gasteiger partial charge in [-0.3, -0.25) is 4.79 Å². The molecule has 1 aliphatic rings. The van der Waals surface area contributed by atoms with Crippen LogP contribution in [0, 0.1) is 11.8 Å². The molecule has 2 rings (SSSR count). The number of anilines is 1. The molecule has 0 aromatic heterocycles. The Bertz CT molecular complexity index is 387. The molecule has 1 amide bonds. The Morgan fingerprint density at radius 2 is 2.31 bits per heavy atom. The van der Waals surface area contributed by atoms with Crippen LogP contribution in [0.3, 0.4) is 0 Å². The van der Waals surface area contributed by atoms with Crippen molar-refractivity contribution in [3.63, 3.8) is 0 Å². The summed E-state index contributed by atoms with van der Waals surface area (Å²) in [6, 6.07) is 7.94. The summed E-state index contributed by atoms with van der Waals surface area (Å²) in [6.45, 7) is 2.02. The van der Waals surface area contributed by atoms with Crippen molar-refractivity contribution in [2.45, 2.75) is 25.1 Å². The minimum absolute atomic E-state index is 0.146. The molecule has 0 radical (unpaired) electrons. The second kappa shape index (κ2) is 5.00. The van der Waals surface area contributed by atoms with E-state index in [0.717, 1.165) is 11.0 Å². The van der Waals surface area contributed by atoms with Crippen LogP contribution in [0.4, 0.5) is 5.69 Å². The van der Waals surface area contributed by atoms with E-state index in [4.69, 9.17) is 0 Å². The Kier molecular flexibility index (Phi) is 3.64. The summed E-state index contributed by atoms with van der Waals surface area (Å²) in [5.41, 5.74) is 2.08. The smallest absolute Gasteiger partial charge is 0.227 e. The Morgan fingerprint density at radius 3 is 2.94 bits per heavy atom. The van der Waals surface area contributed by atoms with E-state index in [-0.39, 0.29) is 11.8 Å². The summed E-state index contributed by atoms with van der Waals surface area (Å²) in [6.07, 6.45) is 2.41. The highest BCUT2D eigenvalue weighted by Crippen LogP contribution is 2.37. The molecule has 0 bridgehead atoms. The van der Waals surface area contributed by atoms with Gasteiger partial charge in [-0.25, -0.2) is 0 Å². The molecule has 1 N–H and O–H groups in total. The Hall–Kier alpha value is -0.830. The number of alkyl halides is 1. The van der Waals surface area contributed by atoms with E-state index >= 15 is 0 Å². The van der Waals surface area contributed by atoms with Crippen molar-refractivity contribution in [2.24, 2.45) is 11.8 Å². The van der Waals surface area contributed by atoms with Crippen LogP contribution in [0.1, 0.15) is 25.3 Å². The van der Waals surface area contributed by atoms with Gasteiger partial charge < -0.3 is 5.32 Å². The van der Waals surface area contributed by atoms with E-state index in [9.17, 15) is 4.79 Å². The van der Waals surface area contributed by atoms with E-state index < -0.39 is 0 Å². The van der Waals surface area contributed by atoms with Crippen molar-refractivity contribution in [2.75, 3.05) is 5.32 Å². The first-order valence-corrected chi connectivity index (χ1v) is 6.78. The van der Waals surface area contributed by atoms with Gasteiger partial charge in [0.2, 0.25) is 5.91 Å². The maximum atomic E-state index is 11.9. The summed E-state index contributed by atoms with van der Waals surface area (Å²) < 4.78 is 0. The number of amides is 1. The minimum Gasteiger partial charge on any atom is -0.326 e. The first-order chi connectivity index (χ1) is 7.70. The van der Waals surface area contributed by atoms with Gasteiger partial charge in [-0.2, -0.15) is 0 Å². The molecule has 1 unspecified atom stereocenters. The van der Waals surface area contributed by atoms with Crippen LogP contribution in [-0.4, -0.2) is 5.91 Å². The van der Waals surface area contributed by atoms with Gasteiger partial charge >= 0.3 is 0 Å². The largest absolute Gasteiger partial charge is 0.326 e. The number of hydrogen-bond donors (Lipinski definition) is 1. The van der Waals surface area contributed by atoms with Crippen LogP contribution in [-0.2, 0) is 10.1 Å². The third-order valence-electron chi connectivity index (χ3n) is 3.09. The van der Waals surface area contributed by atoms with Crippen molar-refractivity contribution in [3.05, 3.63) is 29.8 Å². The summed E-state index contributed by atoms with van der Waals surface area (Å²) >= 11 is 3.41. The Morgan fingerprint density at radius 1 is 1.56 bits per heavy atom. The van der Waals surface area contributed by atoms with Crippen LogP contribution in [0.15, 0.2) is 24.3 Å². The quantitative estimate of drug-likeness (QED) is 0.840. The van der Waals surface area contributed by atoms with Gasteiger partial charge in [0, 0.05) is 16.9 Å². The average molecular weight is 282 g/mol. The van der Waals surface area contributed by atoms with Crippen molar-refractivity contribution in [1.29, 1.82) is 0 Å². The third kappa shape index (κ3) is 2.85. The lowest BCUT2D eigenvalue weighted by Gasteiger charge is -2.11. The van der Waals surface area contributed by atoms with Gasteiger partial charge in [0.05, 0.1) is 0 Å². The van der Waals surface area contributed by atoms with Gasteiger partial charge in [0.25, 0.3) is 0 Å². The highest BCUT2D eigenvalue weighted by molar-refractivity contribution is 9.08. The van der Waals surface area contributed by atoms with Crippen LogP contribution in [0.25, 0.3) is 0 Å². The second-order valence-electron chi connectivity index (χ2n) is 4.45.